The number of benzene rings is 1. The SMILES string of the molecule is CCN1CCN(C(CNC(C)C)c2ccccc2)CC1. The number of nitrogens with one attached hydrogen (secondary N) is 1. The average molecular weight is 275 g/mol. The Morgan fingerprint density at radius 1 is 1.05 bits per heavy atom. The molecule has 1 fully saturated rings. The van der Waals surface area contributed by atoms with Gasteiger partial charge in [0.05, 0.1) is 0 Å². The summed E-state index contributed by atoms with van der Waals surface area (Å²) in [7, 11) is 0. The predicted octanol–water partition coefficient (Wildman–Crippen LogP) is 2.36. The van der Waals surface area contributed by atoms with Gasteiger partial charge in [-0.05, 0) is 12.1 Å². The van der Waals surface area contributed by atoms with Crippen LogP contribution in [-0.4, -0.2) is 55.1 Å². The minimum Gasteiger partial charge on any atom is -0.313 e. The van der Waals surface area contributed by atoms with E-state index in [0.717, 1.165) is 6.54 Å². The van der Waals surface area contributed by atoms with E-state index in [9.17, 15) is 0 Å². The lowest BCUT2D eigenvalue weighted by atomic mass is 10.0. The first kappa shape index (κ1) is 15.5. The summed E-state index contributed by atoms with van der Waals surface area (Å²) in [6.07, 6.45) is 0. The van der Waals surface area contributed by atoms with E-state index in [1.54, 1.807) is 0 Å². The van der Waals surface area contributed by atoms with E-state index in [4.69, 9.17) is 0 Å². The maximum absolute atomic E-state index is 3.61. The number of likely N-dealkylation sites (N-methyl/N-ethyl adjacent to an activating group) is 1. The van der Waals surface area contributed by atoms with Gasteiger partial charge < -0.3 is 10.2 Å². The Bertz CT molecular complexity index is 369. The van der Waals surface area contributed by atoms with Gasteiger partial charge in [0.25, 0.3) is 0 Å². The number of piperazine rings is 1. The zero-order valence-corrected chi connectivity index (χ0v) is 13.2. The average Bonchev–Trinajstić information content (AvgIpc) is 2.49. The largest absolute Gasteiger partial charge is 0.313 e. The van der Waals surface area contributed by atoms with Crippen molar-refractivity contribution in [2.75, 3.05) is 39.3 Å². The predicted molar refractivity (Wildman–Crippen MR) is 86.0 cm³/mol. The summed E-state index contributed by atoms with van der Waals surface area (Å²) in [5, 5.41) is 3.61. The molecule has 1 aromatic carbocycles. The van der Waals surface area contributed by atoms with Crippen LogP contribution in [0.15, 0.2) is 30.3 Å². The van der Waals surface area contributed by atoms with Crippen molar-refractivity contribution in [3.05, 3.63) is 35.9 Å². The third-order valence-corrected chi connectivity index (χ3v) is 4.20. The molecular weight excluding hydrogens is 246 g/mol. The van der Waals surface area contributed by atoms with Crippen molar-refractivity contribution in [1.82, 2.24) is 15.1 Å². The molecule has 1 unspecified atom stereocenters. The molecule has 0 saturated carbocycles. The van der Waals surface area contributed by atoms with E-state index in [1.807, 2.05) is 0 Å². The van der Waals surface area contributed by atoms with Crippen LogP contribution in [-0.2, 0) is 0 Å². The summed E-state index contributed by atoms with van der Waals surface area (Å²) in [5.74, 6) is 0. The van der Waals surface area contributed by atoms with Crippen molar-refractivity contribution >= 4 is 0 Å². The summed E-state index contributed by atoms with van der Waals surface area (Å²) in [6.45, 7) is 13.6. The van der Waals surface area contributed by atoms with Crippen LogP contribution < -0.4 is 5.32 Å². The van der Waals surface area contributed by atoms with Crippen LogP contribution in [0.1, 0.15) is 32.4 Å². The lowest BCUT2D eigenvalue weighted by Gasteiger charge is -2.39. The minimum atomic E-state index is 0.498. The topological polar surface area (TPSA) is 18.5 Å². The highest BCUT2D eigenvalue weighted by Crippen LogP contribution is 2.21. The van der Waals surface area contributed by atoms with E-state index in [2.05, 4.69) is 66.2 Å². The van der Waals surface area contributed by atoms with Gasteiger partial charge in [-0.2, -0.15) is 0 Å². The summed E-state index contributed by atoms with van der Waals surface area (Å²) < 4.78 is 0. The summed E-state index contributed by atoms with van der Waals surface area (Å²) >= 11 is 0. The zero-order chi connectivity index (χ0) is 14.4. The molecule has 0 aliphatic carbocycles. The van der Waals surface area contributed by atoms with E-state index in [1.165, 1.54) is 38.3 Å². The van der Waals surface area contributed by atoms with Gasteiger partial charge in [-0.1, -0.05) is 51.1 Å². The molecule has 1 aliphatic rings. The highest BCUT2D eigenvalue weighted by atomic mass is 15.3. The van der Waals surface area contributed by atoms with Crippen LogP contribution in [0.4, 0.5) is 0 Å². The molecule has 0 aromatic heterocycles. The summed E-state index contributed by atoms with van der Waals surface area (Å²) in [5.41, 5.74) is 1.44. The Labute approximate surface area is 124 Å². The van der Waals surface area contributed by atoms with E-state index in [0.29, 0.717) is 12.1 Å². The first-order valence-electron chi connectivity index (χ1n) is 7.95. The number of hydrogen-bond acceptors (Lipinski definition) is 3. The van der Waals surface area contributed by atoms with Crippen LogP contribution in [0, 0.1) is 0 Å². The fraction of sp³-hybridized carbons (Fsp3) is 0.647. The maximum Gasteiger partial charge on any atom is 0.0473 e. The van der Waals surface area contributed by atoms with E-state index >= 15 is 0 Å². The fourth-order valence-corrected chi connectivity index (χ4v) is 2.87. The van der Waals surface area contributed by atoms with Crippen LogP contribution in [0.2, 0.25) is 0 Å². The Kier molecular flexibility index (Phi) is 6.02. The first-order chi connectivity index (χ1) is 9.70. The minimum absolute atomic E-state index is 0.498. The van der Waals surface area contributed by atoms with Crippen molar-refractivity contribution in [2.24, 2.45) is 0 Å². The zero-order valence-electron chi connectivity index (χ0n) is 13.2. The van der Waals surface area contributed by atoms with E-state index in [-0.39, 0.29) is 0 Å². The van der Waals surface area contributed by atoms with Crippen molar-refractivity contribution < 1.29 is 0 Å². The number of rotatable bonds is 6. The van der Waals surface area contributed by atoms with Gasteiger partial charge in [0, 0.05) is 44.8 Å². The maximum atomic E-state index is 3.61. The monoisotopic (exact) mass is 275 g/mol. The normalized spacial score (nSPS) is 19.4. The summed E-state index contributed by atoms with van der Waals surface area (Å²) in [6, 6.07) is 12.0. The summed E-state index contributed by atoms with van der Waals surface area (Å²) in [4.78, 5) is 5.17. The molecule has 0 amide bonds. The third kappa shape index (κ3) is 4.30. The number of nitrogens with zero attached hydrogens (tertiary/aromatic N) is 2. The second-order valence-electron chi connectivity index (χ2n) is 5.96. The van der Waals surface area contributed by atoms with E-state index < -0.39 is 0 Å². The molecular formula is C17H29N3. The molecule has 3 heteroatoms. The third-order valence-electron chi connectivity index (χ3n) is 4.20. The van der Waals surface area contributed by atoms with Gasteiger partial charge >= 0.3 is 0 Å². The van der Waals surface area contributed by atoms with Crippen molar-refractivity contribution in [3.63, 3.8) is 0 Å². The van der Waals surface area contributed by atoms with Gasteiger partial charge in [0.2, 0.25) is 0 Å². The van der Waals surface area contributed by atoms with Crippen molar-refractivity contribution in [3.8, 4) is 0 Å². The van der Waals surface area contributed by atoms with Gasteiger partial charge in [-0.25, -0.2) is 0 Å². The molecule has 0 radical (unpaired) electrons. The molecule has 1 atom stereocenters. The highest BCUT2D eigenvalue weighted by Gasteiger charge is 2.24. The van der Waals surface area contributed by atoms with Crippen molar-refractivity contribution in [2.45, 2.75) is 32.9 Å². The highest BCUT2D eigenvalue weighted by molar-refractivity contribution is 5.19. The van der Waals surface area contributed by atoms with Gasteiger partial charge in [-0.3, -0.25) is 4.90 Å². The second kappa shape index (κ2) is 7.77. The Hall–Kier alpha value is -0.900. The van der Waals surface area contributed by atoms with Crippen LogP contribution in [0.5, 0.6) is 0 Å². The lowest BCUT2D eigenvalue weighted by molar-refractivity contribution is 0.0973. The molecule has 1 saturated heterocycles. The quantitative estimate of drug-likeness (QED) is 0.860. The van der Waals surface area contributed by atoms with Crippen LogP contribution in [0.25, 0.3) is 0 Å². The Morgan fingerprint density at radius 2 is 1.70 bits per heavy atom. The Morgan fingerprint density at radius 3 is 2.25 bits per heavy atom. The molecule has 1 N–H and O–H groups in total. The molecule has 20 heavy (non-hydrogen) atoms. The molecule has 0 spiro atoms. The van der Waals surface area contributed by atoms with Gasteiger partial charge in [-0.15, -0.1) is 0 Å². The molecule has 1 aromatic rings. The Balaban J connectivity index is 2.03. The number of hydrogen-bond donors (Lipinski definition) is 1. The molecule has 2 rings (SSSR count). The fourth-order valence-electron chi connectivity index (χ4n) is 2.87. The second-order valence-corrected chi connectivity index (χ2v) is 5.96. The van der Waals surface area contributed by atoms with Gasteiger partial charge in [0.1, 0.15) is 0 Å². The standard InChI is InChI=1S/C17H29N3/c1-4-19-10-12-20(13-11-19)17(14-18-15(2)3)16-8-6-5-7-9-16/h5-9,15,17-18H,4,10-14H2,1-3H3. The smallest absolute Gasteiger partial charge is 0.0473 e. The first-order valence-corrected chi connectivity index (χ1v) is 7.95. The molecule has 0 bridgehead atoms. The lowest BCUT2D eigenvalue weighted by Crippen LogP contribution is -2.49. The van der Waals surface area contributed by atoms with Crippen LogP contribution in [0.3, 0.4) is 0 Å². The van der Waals surface area contributed by atoms with Crippen molar-refractivity contribution in [1.29, 1.82) is 0 Å². The molecule has 112 valence electrons. The van der Waals surface area contributed by atoms with Crippen LogP contribution >= 0.6 is 0 Å². The molecule has 1 aliphatic heterocycles. The molecule has 3 nitrogen and oxygen atoms in total. The molecule has 1 heterocycles. The van der Waals surface area contributed by atoms with Gasteiger partial charge in [0.15, 0.2) is 0 Å².